The van der Waals surface area contributed by atoms with Crippen molar-refractivity contribution in [3.05, 3.63) is 29.8 Å². The SMILES string of the molecule is CC(CBr)C(C)NCC1COc2ccccc21. The predicted molar refractivity (Wildman–Crippen MR) is 75.1 cm³/mol. The Labute approximate surface area is 112 Å². The average molecular weight is 298 g/mol. The molecule has 2 rings (SSSR count). The van der Waals surface area contributed by atoms with Crippen molar-refractivity contribution >= 4 is 15.9 Å². The number of hydrogen-bond acceptors (Lipinski definition) is 2. The van der Waals surface area contributed by atoms with Crippen LogP contribution in [0.4, 0.5) is 0 Å². The third-order valence-corrected chi connectivity index (χ3v) is 4.60. The first kappa shape index (κ1) is 12.9. The van der Waals surface area contributed by atoms with Crippen molar-refractivity contribution in [3.63, 3.8) is 0 Å². The van der Waals surface area contributed by atoms with E-state index in [0.29, 0.717) is 17.9 Å². The van der Waals surface area contributed by atoms with Crippen molar-refractivity contribution in [1.29, 1.82) is 0 Å². The van der Waals surface area contributed by atoms with E-state index in [9.17, 15) is 0 Å². The summed E-state index contributed by atoms with van der Waals surface area (Å²) in [7, 11) is 0. The number of benzene rings is 1. The lowest BCUT2D eigenvalue weighted by Crippen LogP contribution is -2.36. The standard InChI is InChI=1S/C14H20BrNO/c1-10(7-15)11(2)16-8-12-9-17-14-6-4-3-5-13(12)14/h3-6,10-12,16H,7-9H2,1-2H3. The zero-order valence-electron chi connectivity index (χ0n) is 10.4. The van der Waals surface area contributed by atoms with Crippen LogP contribution in [0.2, 0.25) is 0 Å². The second-order valence-corrected chi connectivity index (χ2v) is 5.52. The predicted octanol–water partition coefficient (Wildman–Crippen LogP) is 3.17. The Morgan fingerprint density at radius 3 is 2.94 bits per heavy atom. The van der Waals surface area contributed by atoms with Crippen molar-refractivity contribution in [2.75, 3.05) is 18.5 Å². The second-order valence-electron chi connectivity index (χ2n) is 4.87. The van der Waals surface area contributed by atoms with Crippen molar-refractivity contribution in [1.82, 2.24) is 5.32 Å². The van der Waals surface area contributed by atoms with Crippen LogP contribution in [0.15, 0.2) is 24.3 Å². The van der Waals surface area contributed by atoms with E-state index in [1.807, 2.05) is 6.07 Å². The molecule has 0 amide bonds. The molecule has 0 bridgehead atoms. The molecular formula is C14H20BrNO. The van der Waals surface area contributed by atoms with Crippen LogP contribution < -0.4 is 10.1 Å². The summed E-state index contributed by atoms with van der Waals surface area (Å²) < 4.78 is 5.68. The third-order valence-electron chi connectivity index (χ3n) is 3.58. The molecule has 3 heteroatoms. The van der Waals surface area contributed by atoms with Gasteiger partial charge < -0.3 is 10.1 Å². The van der Waals surface area contributed by atoms with Crippen LogP contribution >= 0.6 is 15.9 Å². The van der Waals surface area contributed by atoms with Crippen LogP contribution in [-0.2, 0) is 0 Å². The van der Waals surface area contributed by atoms with E-state index in [2.05, 4.69) is 53.3 Å². The smallest absolute Gasteiger partial charge is 0.122 e. The quantitative estimate of drug-likeness (QED) is 0.843. The van der Waals surface area contributed by atoms with Gasteiger partial charge in [0.1, 0.15) is 5.75 Å². The maximum Gasteiger partial charge on any atom is 0.122 e. The van der Waals surface area contributed by atoms with Crippen molar-refractivity contribution in [2.45, 2.75) is 25.8 Å². The molecule has 0 aromatic heterocycles. The molecule has 0 saturated heterocycles. The largest absolute Gasteiger partial charge is 0.493 e. The Hall–Kier alpha value is -0.540. The van der Waals surface area contributed by atoms with Crippen molar-refractivity contribution in [3.8, 4) is 5.75 Å². The topological polar surface area (TPSA) is 21.3 Å². The molecule has 94 valence electrons. The highest BCUT2D eigenvalue weighted by Gasteiger charge is 2.24. The first-order valence-electron chi connectivity index (χ1n) is 6.23. The highest BCUT2D eigenvalue weighted by atomic mass is 79.9. The molecule has 1 aromatic carbocycles. The van der Waals surface area contributed by atoms with E-state index >= 15 is 0 Å². The van der Waals surface area contributed by atoms with Gasteiger partial charge in [0.05, 0.1) is 6.61 Å². The minimum Gasteiger partial charge on any atom is -0.493 e. The van der Waals surface area contributed by atoms with E-state index in [-0.39, 0.29) is 0 Å². The molecule has 0 radical (unpaired) electrons. The van der Waals surface area contributed by atoms with Gasteiger partial charge in [-0.2, -0.15) is 0 Å². The van der Waals surface area contributed by atoms with Crippen LogP contribution in [0.25, 0.3) is 0 Å². The van der Waals surface area contributed by atoms with Gasteiger partial charge in [0.25, 0.3) is 0 Å². The van der Waals surface area contributed by atoms with Crippen LogP contribution in [-0.4, -0.2) is 24.5 Å². The first-order chi connectivity index (χ1) is 8.22. The maximum absolute atomic E-state index is 5.68. The summed E-state index contributed by atoms with van der Waals surface area (Å²) in [6.45, 7) is 6.30. The van der Waals surface area contributed by atoms with E-state index in [0.717, 1.165) is 24.2 Å². The molecule has 1 N–H and O–H groups in total. The minimum absolute atomic E-state index is 0.496. The lowest BCUT2D eigenvalue weighted by atomic mass is 10.00. The summed E-state index contributed by atoms with van der Waals surface area (Å²) in [4.78, 5) is 0. The minimum atomic E-state index is 0.496. The van der Waals surface area contributed by atoms with Gasteiger partial charge in [0.2, 0.25) is 0 Å². The summed E-state index contributed by atoms with van der Waals surface area (Å²) in [5.74, 6) is 2.20. The number of rotatable bonds is 5. The van der Waals surface area contributed by atoms with Crippen LogP contribution in [0, 0.1) is 5.92 Å². The molecule has 3 unspecified atom stereocenters. The Balaban J connectivity index is 1.90. The fraction of sp³-hybridized carbons (Fsp3) is 0.571. The molecule has 0 aliphatic carbocycles. The number of fused-ring (bicyclic) bond motifs is 1. The Morgan fingerprint density at radius 2 is 2.18 bits per heavy atom. The molecule has 1 aromatic rings. The van der Waals surface area contributed by atoms with E-state index < -0.39 is 0 Å². The van der Waals surface area contributed by atoms with Gasteiger partial charge in [-0.05, 0) is 18.9 Å². The van der Waals surface area contributed by atoms with Gasteiger partial charge in [0.15, 0.2) is 0 Å². The number of ether oxygens (including phenoxy) is 1. The van der Waals surface area contributed by atoms with Gasteiger partial charge >= 0.3 is 0 Å². The van der Waals surface area contributed by atoms with Gasteiger partial charge in [0, 0.05) is 29.4 Å². The molecule has 2 nitrogen and oxygen atoms in total. The number of para-hydroxylation sites is 1. The molecule has 3 atom stereocenters. The molecule has 0 saturated carbocycles. The van der Waals surface area contributed by atoms with Gasteiger partial charge in [-0.15, -0.1) is 0 Å². The van der Waals surface area contributed by atoms with Gasteiger partial charge in [-0.3, -0.25) is 0 Å². The zero-order valence-corrected chi connectivity index (χ0v) is 12.0. The summed E-state index contributed by atoms with van der Waals surface area (Å²) in [5.41, 5.74) is 1.35. The Kier molecular flexibility index (Phi) is 4.46. The third kappa shape index (κ3) is 3.02. The summed E-state index contributed by atoms with van der Waals surface area (Å²) in [6.07, 6.45) is 0. The van der Waals surface area contributed by atoms with E-state index in [1.165, 1.54) is 5.56 Å². The van der Waals surface area contributed by atoms with Crippen LogP contribution in [0.3, 0.4) is 0 Å². The summed E-state index contributed by atoms with van der Waals surface area (Å²) >= 11 is 3.53. The van der Waals surface area contributed by atoms with Crippen molar-refractivity contribution in [2.24, 2.45) is 5.92 Å². The van der Waals surface area contributed by atoms with Gasteiger partial charge in [-0.25, -0.2) is 0 Å². The van der Waals surface area contributed by atoms with E-state index in [1.54, 1.807) is 0 Å². The molecule has 0 spiro atoms. The first-order valence-corrected chi connectivity index (χ1v) is 7.35. The zero-order chi connectivity index (χ0) is 12.3. The molecule has 1 aliphatic heterocycles. The fourth-order valence-corrected chi connectivity index (χ4v) is 2.62. The van der Waals surface area contributed by atoms with E-state index in [4.69, 9.17) is 4.74 Å². The van der Waals surface area contributed by atoms with Crippen molar-refractivity contribution < 1.29 is 4.74 Å². The molecule has 1 heterocycles. The number of alkyl halides is 1. The lowest BCUT2D eigenvalue weighted by Gasteiger charge is -2.21. The lowest BCUT2D eigenvalue weighted by molar-refractivity contribution is 0.317. The highest BCUT2D eigenvalue weighted by Crippen LogP contribution is 2.32. The maximum atomic E-state index is 5.68. The number of nitrogens with one attached hydrogen (secondary N) is 1. The van der Waals surface area contributed by atoms with Crippen LogP contribution in [0.5, 0.6) is 5.75 Å². The molecule has 1 aliphatic rings. The van der Waals surface area contributed by atoms with Gasteiger partial charge in [-0.1, -0.05) is 41.1 Å². The monoisotopic (exact) mass is 297 g/mol. The summed E-state index contributed by atoms with van der Waals surface area (Å²) in [5, 5.41) is 4.65. The Morgan fingerprint density at radius 1 is 1.41 bits per heavy atom. The number of hydrogen-bond donors (Lipinski definition) is 1. The highest BCUT2D eigenvalue weighted by molar-refractivity contribution is 9.09. The molecule has 0 fully saturated rings. The molecule has 17 heavy (non-hydrogen) atoms. The Bertz CT molecular complexity index is 369. The van der Waals surface area contributed by atoms with Crippen LogP contribution in [0.1, 0.15) is 25.3 Å². The fourth-order valence-electron chi connectivity index (χ4n) is 2.06. The normalized spacial score (nSPS) is 21.7. The molecular weight excluding hydrogens is 278 g/mol. The number of halogens is 1. The average Bonchev–Trinajstić information content (AvgIpc) is 2.78. The second kappa shape index (κ2) is 5.87. The summed E-state index contributed by atoms with van der Waals surface area (Å²) in [6, 6.07) is 8.88.